The Bertz CT molecular complexity index is 518. The first-order valence-electron chi connectivity index (χ1n) is 4.97. The van der Waals surface area contributed by atoms with Crippen molar-refractivity contribution in [2.24, 2.45) is 0 Å². The molecular weight excluding hydrogens is 186 g/mol. The monoisotopic (exact) mass is 201 g/mol. The van der Waals surface area contributed by atoms with Gasteiger partial charge in [-0.05, 0) is 25.0 Å². The van der Waals surface area contributed by atoms with Crippen LogP contribution < -0.4 is 11.1 Å². The van der Waals surface area contributed by atoms with E-state index in [0.717, 1.165) is 16.6 Å². The molecule has 0 aliphatic carbocycles. The minimum absolute atomic E-state index is 0.688. The minimum Gasteiger partial charge on any atom is -0.396 e. The van der Waals surface area contributed by atoms with E-state index in [1.807, 2.05) is 7.05 Å². The van der Waals surface area contributed by atoms with Crippen LogP contribution in [0.2, 0.25) is 0 Å². The molecule has 0 bridgehead atoms. The summed E-state index contributed by atoms with van der Waals surface area (Å²) in [7, 11) is 1.88. The fourth-order valence-corrected chi connectivity index (χ4v) is 1.80. The molecule has 2 aromatic rings. The number of nitrogens with two attached hydrogens (primary N) is 1. The van der Waals surface area contributed by atoms with Crippen molar-refractivity contribution in [3.63, 3.8) is 0 Å². The Morgan fingerprint density at radius 3 is 2.67 bits per heavy atom. The van der Waals surface area contributed by atoms with E-state index >= 15 is 0 Å². The predicted octanol–water partition coefficient (Wildman–Crippen LogP) is 2.48. The van der Waals surface area contributed by atoms with Crippen molar-refractivity contribution < 1.29 is 0 Å². The standard InChI is InChI=1S/C12H15N3/c1-7-4-5-9-11(8(7)2)15-6-10(13)12(9)14-3/h4-6H,13H2,1-3H3,(H,14,15). The number of anilines is 2. The number of hydrogen-bond donors (Lipinski definition) is 2. The SMILES string of the molecule is CNc1c(N)cnc2c(C)c(C)ccc12. The second kappa shape index (κ2) is 3.42. The summed E-state index contributed by atoms with van der Waals surface area (Å²) in [5.41, 5.74) is 11.0. The van der Waals surface area contributed by atoms with Crippen LogP contribution in [0, 0.1) is 13.8 Å². The number of aromatic nitrogens is 1. The van der Waals surface area contributed by atoms with Crippen LogP contribution in [0.1, 0.15) is 11.1 Å². The lowest BCUT2D eigenvalue weighted by Crippen LogP contribution is -1.99. The molecule has 3 heteroatoms. The summed E-state index contributed by atoms with van der Waals surface area (Å²) >= 11 is 0. The van der Waals surface area contributed by atoms with Crippen LogP contribution in [-0.4, -0.2) is 12.0 Å². The van der Waals surface area contributed by atoms with Crippen LogP contribution in [0.4, 0.5) is 11.4 Å². The lowest BCUT2D eigenvalue weighted by Gasteiger charge is -2.11. The fraction of sp³-hybridized carbons (Fsp3) is 0.250. The number of nitrogens with one attached hydrogen (secondary N) is 1. The number of nitrogen functional groups attached to an aromatic ring is 1. The number of pyridine rings is 1. The lowest BCUT2D eigenvalue weighted by molar-refractivity contribution is 1.31. The van der Waals surface area contributed by atoms with Crippen molar-refractivity contribution in [1.82, 2.24) is 4.98 Å². The summed E-state index contributed by atoms with van der Waals surface area (Å²) in [5.74, 6) is 0. The molecule has 15 heavy (non-hydrogen) atoms. The third-order valence-corrected chi connectivity index (χ3v) is 2.84. The Labute approximate surface area is 89.3 Å². The molecule has 3 N–H and O–H groups in total. The van der Waals surface area contributed by atoms with E-state index in [1.54, 1.807) is 6.20 Å². The molecule has 0 amide bonds. The van der Waals surface area contributed by atoms with Gasteiger partial charge in [-0.15, -0.1) is 0 Å². The van der Waals surface area contributed by atoms with Gasteiger partial charge in [0.2, 0.25) is 0 Å². The fourth-order valence-electron chi connectivity index (χ4n) is 1.80. The van der Waals surface area contributed by atoms with Crippen LogP contribution >= 0.6 is 0 Å². The molecule has 0 aliphatic heterocycles. The summed E-state index contributed by atoms with van der Waals surface area (Å²) in [6.45, 7) is 4.17. The first-order valence-corrected chi connectivity index (χ1v) is 4.97. The lowest BCUT2D eigenvalue weighted by atomic mass is 10.0. The molecule has 2 rings (SSSR count). The van der Waals surface area contributed by atoms with Gasteiger partial charge in [0.15, 0.2) is 0 Å². The number of hydrogen-bond acceptors (Lipinski definition) is 3. The van der Waals surface area contributed by atoms with Crippen LogP contribution in [-0.2, 0) is 0 Å². The van der Waals surface area contributed by atoms with Crippen LogP contribution in [0.5, 0.6) is 0 Å². The average molecular weight is 201 g/mol. The topological polar surface area (TPSA) is 50.9 Å². The predicted molar refractivity (Wildman–Crippen MR) is 65.2 cm³/mol. The molecule has 0 saturated carbocycles. The minimum atomic E-state index is 0.688. The van der Waals surface area contributed by atoms with Crippen LogP contribution in [0.25, 0.3) is 10.9 Å². The van der Waals surface area contributed by atoms with E-state index in [1.165, 1.54) is 11.1 Å². The second-order valence-corrected chi connectivity index (χ2v) is 3.74. The number of benzene rings is 1. The quantitative estimate of drug-likeness (QED) is 0.745. The highest BCUT2D eigenvalue weighted by Gasteiger charge is 2.07. The number of aryl methyl sites for hydroxylation is 2. The average Bonchev–Trinajstić information content (AvgIpc) is 2.23. The zero-order valence-electron chi connectivity index (χ0n) is 9.26. The highest BCUT2D eigenvalue weighted by molar-refractivity contribution is 5.98. The van der Waals surface area contributed by atoms with Crippen molar-refractivity contribution >= 4 is 22.3 Å². The van der Waals surface area contributed by atoms with Gasteiger partial charge in [-0.2, -0.15) is 0 Å². The maximum atomic E-state index is 5.86. The Hall–Kier alpha value is -1.77. The molecule has 0 atom stereocenters. The number of fused-ring (bicyclic) bond motifs is 1. The molecular formula is C12H15N3. The summed E-state index contributed by atoms with van der Waals surface area (Å²) in [5, 5.41) is 4.20. The molecule has 0 unspecified atom stereocenters. The van der Waals surface area contributed by atoms with Gasteiger partial charge in [0.25, 0.3) is 0 Å². The normalized spacial score (nSPS) is 10.6. The molecule has 0 saturated heterocycles. The molecule has 1 aromatic heterocycles. The van der Waals surface area contributed by atoms with E-state index in [0.29, 0.717) is 5.69 Å². The van der Waals surface area contributed by atoms with Crippen molar-refractivity contribution in [3.8, 4) is 0 Å². The molecule has 1 heterocycles. The third-order valence-electron chi connectivity index (χ3n) is 2.84. The Balaban J connectivity index is 2.89. The summed E-state index contributed by atoms with van der Waals surface area (Å²) in [6, 6.07) is 4.16. The first-order chi connectivity index (χ1) is 7.15. The van der Waals surface area contributed by atoms with Crippen molar-refractivity contribution in [2.45, 2.75) is 13.8 Å². The Morgan fingerprint density at radius 2 is 2.00 bits per heavy atom. The smallest absolute Gasteiger partial charge is 0.0756 e. The van der Waals surface area contributed by atoms with Gasteiger partial charge in [-0.1, -0.05) is 12.1 Å². The summed E-state index contributed by atoms with van der Waals surface area (Å²) < 4.78 is 0. The van der Waals surface area contributed by atoms with Crippen molar-refractivity contribution in [3.05, 3.63) is 29.5 Å². The van der Waals surface area contributed by atoms with Gasteiger partial charge in [0, 0.05) is 12.4 Å². The zero-order valence-corrected chi connectivity index (χ0v) is 9.26. The maximum Gasteiger partial charge on any atom is 0.0756 e. The summed E-state index contributed by atoms with van der Waals surface area (Å²) in [4.78, 5) is 4.38. The first kappa shape index (κ1) is 9.77. The van der Waals surface area contributed by atoms with E-state index in [-0.39, 0.29) is 0 Å². The molecule has 0 radical (unpaired) electrons. The summed E-state index contributed by atoms with van der Waals surface area (Å²) in [6.07, 6.45) is 1.71. The Morgan fingerprint density at radius 1 is 1.27 bits per heavy atom. The second-order valence-electron chi connectivity index (χ2n) is 3.74. The van der Waals surface area contributed by atoms with E-state index in [2.05, 4.69) is 36.3 Å². The largest absolute Gasteiger partial charge is 0.396 e. The Kier molecular flexibility index (Phi) is 2.23. The third kappa shape index (κ3) is 1.40. The molecule has 78 valence electrons. The maximum absolute atomic E-state index is 5.86. The number of rotatable bonds is 1. The molecule has 3 nitrogen and oxygen atoms in total. The van der Waals surface area contributed by atoms with Gasteiger partial charge in [-0.25, -0.2) is 0 Å². The van der Waals surface area contributed by atoms with Gasteiger partial charge >= 0.3 is 0 Å². The van der Waals surface area contributed by atoms with E-state index < -0.39 is 0 Å². The molecule has 1 aromatic carbocycles. The van der Waals surface area contributed by atoms with Crippen molar-refractivity contribution in [2.75, 3.05) is 18.1 Å². The van der Waals surface area contributed by atoms with Crippen LogP contribution in [0.15, 0.2) is 18.3 Å². The molecule has 0 fully saturated rings. The van der Waals surface area contributed by atoms with Crippen molar-refractivity contribution in [1.29, 1.82) is 0 Å². The van der Waals surface area contributed by atoms with E-state index in [9.17, 15) is 0 Å². The van der Waals surface area contributed by atoms with Gasteiger partial charge in [-0.3, -0.25) is 4.98 Å². The van der Waals surface area contributed by atoms with E-state index in [4.69, 9.17) is 5.73 Å². The van der Waals surface area contributed by atoms with Gasteiger partial charge in [0.05, 0.1) is 23.1 Å². The van der Waals surface area contributed by atoms with Gasteiger partial charge in [0.1, 0.15) is 0 Å². The number of nitrogens with zero attached hydrogens (tertiary/aromatic N) is 1. The van der Waals surface area contributed by atoms with Crippen LogP contribution in [0.3, 0.4) is 0 Å². The highest BCUT2D eigenvalue weighted by atomic mass is 14.9. The molecule has 0 spiro atoms. The zero-order chi connectivity index (χ0) is 11.0. The van der Waals surface area contributed by atoms with Gasteiger partial charge < -0.3 is 11.1 Å². The molecule has 0 aliphatic rings. The highest BCUT2D eigenvalue weighted by Crippen LogP contribution is 2.29.